The van der Waals surface area contributed by atoms with E-state index in [2.05, 4.69) is 20.9 Å². The summed E-state index contributed by atoms with van der Waals surface area (Å²) in [6.07, 6.45) is 1.32. The summed E-state index contributed by atoms with van der Waals surface area (Å²) in [5.74, 6) is -0.186. The van der Waals surface area contributed by atoms with Crippen LogP contribution in [-0.2, 0) is 6.54 Å². The molecule has 0 radical (unpaired) electrons. The Balaban J connectivity index is 2.00. The van der Waals surface area contributed by atoms with Crippen molar-refractivity contribution < 1.29 is 4.79 Å². The maximum absolute atomic E-state index is 12.5. The number of rotatable bonds is 3. The smallest absolute Gasteiger partial charge is 0.261 e. The fourth-order valence-electron chi connectivity index (χ4n) is 2.19. The third-order valence-electron chi connectivity index (χ3n) is 3.33. The monoisotopic (exact) mass is 410 g/mol. The standard InChI is InChI=1S/C16H9BrCl2N2O2/c17-10-3-1-9(2-4-10)14(22)7-21-8-20-15-12(16(21)23)5-11(18)6-13(15)19/h1-6,8H,7H2. The number of carbonyl (C=O) groups is 1. The van der Waals surface area contributed by atoms with Gasteiger partial charge < -0.3 is 0 Å². The second kappa shape index (κ2) is 6.43. The highest BCUT2D eigenvalue weighted by atomic mass is 79.9. The number of halogens is 3. The van der Waals surface area contributed by atoms with Gasteiger partial charge in [-0.1, -0.05) is 51.3 Å². The topological polar surface area (TPSA) is 52.0 Å². The van der Waals surface area contributed by atoms with Gasteiger partial charge in [0, 0.05) is 15.1 Å². The molecule has 0 aliphatic rings. The number of hydrogen-bond donors (Lipinski definition) is 0. The van der Waals surface area contributed by atoms with Crippen LogP contribution in [0.4, 0.5) is 0 Å². The Kier molecular flexibility index (Phi) is 4.53. The molecule has 1 heterocycles. The van der Waals surface area contributed by atoms with Gasteiger partial charge in [0.25, 0.3) is 5.56 Å². The molecule has 3 aromatic rings. The number of hydrogen-bond acceptors (Lipinski definition) is 3. The van der Waals surface area contributed by atoms with E-state index >= 15 is 0 Å². The summed E-state index contributed by atoms with van der Waals surface area (Å²) in [6, 6.07) is 9.95. The average molecular weight is 412 g/mol. The SMILES string of the molecule is O=C(Cn1cnc2c(Cl)cc(Cl)cc2c1=O)c1ccc(Br)cc1. The predicted octanol–water partition coefficient (Wildman–Crippen LogP) is 4.35. The zero-order chi connectivity index (χ0) is 16.6. The molecule has 3 rings (SSSR count). The van der Waals surface area contributed by atoms with Gasteiger partial charge in [0.05, 0.1) is 28.8 Å². The second-order valence-corrected chi connectivity index (χ2v) is 6.65. The van der Waals surface area contributed by atoms with Gasteiger partial charge in [0.2, 0.25) is 0 Å². The summed E-state index contributed by atoms with van der Waals surface area (Å²) in [5.41, 5.74) is 0.530. The van der Waals surface area contributed by atoms with Crippen molar-refractivity contribution in [2.75, 3.05) is 0 Å². The predicted molar refractivity (Wildman–Crippen MR) is 94.5 cm³/mol. The van der Waals surface area contributed by atoms with Crippen molar-refractivity contribution in [3.05, 3.63) is 73.2 Å². The number of aromatic nitrogens is 2. The first-order valence-corrected chi connectivity index (χ1v) is 8.13. The van der Waals surface area contributed by atoms with Crippen LogP contribution < -0.4 is 5.56 Å². The molecule has 23 heavy (non-hydrogen) atoms. The molecule has 0 aliphatic heterocycles. The number of Topliss-reactive ketones (excluding diaryl/α,β-unsaturated/α-hetero) is 1. The third-order valence-corrected chi connectivity index (χ3v) is 4.36. The Bertz CT molecular complexity index is 968. The minimum absolute atomic E-state index is 0.104. The highest BCUT2D eigenvalue weighted by Gasteiger charge is 2.12. The van der Waals surface area contributed by atoms with Gasteiger partial charge in [0.1, 0.15) is 0 Å². The lowest BCUT2D eigenvalue weighted by Crippen LogP contribution is -2.24. The molecule has 0 atom stereocenters. The van der Waals surface area contributed by atoms with Crippen LogP contribution in [-0.4, -0.2) is 15.3 Å². The summed E-state index contributed by atoms with van der Waals surface area (Å²) < 4.78 is 2.13. The van der Waals surface area contributed by atoms with Crippen LogP contribution in [0.15, 0.2) is 52.0 Å². The Labute approximate surface area is 149 Å². The van der Waals surface area contributed by atoms with Crippen LogP contribution in [0.2, 0.25) is 10.0 Å². The molecule has 0 fully saturated rings. The molecule has 0 saturated carbocycles. The first-order chi connectivity index (χ1) is 11.0. The highest BCUT2D eigenvalue weighted by molar-refractivity contribution is 9.10. The van der Waals surface area contributed by atoms with Crippen LogP contribution in [0.25, 0.3) is 10.9 Å². The van der Waals surface area contributed by atoms with Crippen molar-refractivity contribution in [2.45, 2.75) is 6.54 Å². The first kappa shape index (κ1) is 16.2. The van der Waals surface area contributed by atoms with Crippen LogP contribution in [0.5, 0.6) is 0 Å². The van der Waals surface area contributed by atoms with Gasteiger partial charge in [0.15, 0.2) is 5.78 Å². The lowest BCUT2D eigenvalue weighted by molar-refractivity contribution is 0.0970. The lowest BCUT2D eigenvalue weighted by Gasteiger charge is -2.07. The van der Waals surface area contributed by atoms with E-state index in [1.807, 2.05) is 0 Å². The van der Waals surface area contributed by atoms with Crippen molar-refractivity contribution >= 4 is 55.8 Å². The molecular formula is C16H9BrCl2N2O2. The molecule has 0 amide bonds. The maximum atomic E-state index is 12.5. The van der Waals surface area contributed by atoms with E-state index in [0.717, 1.165) is 4.47 Å². The van der Waals surface area contributed by atoms with Gasteiger partial charge in [-0.05, 0) is 24.3 Å². The highest BCUT2D eigenvalue weighted by Crippen LogP contribution is 2.24. The number of fused-ring (bicyclic) bond motifs is 1. The zero-order valence-electron chi connectivity index (χ0n) is 11.6. The molecule has 0 N–H and O–H groups in total. The van der Waals surface area contributed by atoms with E-state index in [4.69, 9.17) is 23.2 Å². The fourth-order valence-corrected chi connectivity index (χ4v) is 3.00. The van der Waals surface area contributed by atoms with Gasteiger partial charge in [-0.2, -0.15) is 0 Å². The molecule has 0 unspecified atom stereocenters. The fraction of sp³-hybridized carbons (Fsp3) is 0.0625. The summed E-state index contributed by atoms with van der Waals surface area (Å²) >= 11 is 15.3. The van der Waals surface area contributed by atoms with Crippen molar-refractivity contribution in [1.29, 1.82) is 0 Å². The van der Waals surface area contributed by atoms with E-state index in [1.54, 1.807) is 24.3 Å². The Morgan fingerprint density at radius 1 is 1.17 bits per heavy atom. The molecule has 1 aromatic heterocycles. The van der Waals surface area contributed by atoms with Gasteiger partial charge in [-0.3, -0.25) is 14.2 Å². The molecule has 4 nitrogen and oxygen atoms in total. The van der Waals surface area contributed by atoms with Gasteiger partial charge >= 0.3 is 0 Å². The normalized spacial score (nSPS) is 10.9. The van der Waals surface area contributed by atoms with Crippen molar-refractivity contribution in [1.82, 2.24) is 9.55 Å². The largest absolute Gasteiger partial charge is 0.292 e. The van der Waals surface area contributed by atoms with Crippen molar-refractivity contribution in [3.8, 4) is 0 Å². The van der Waals surface area contributed by atoms with Crippen LogP contribution in [0, 0.1) is 0 Å². The maximum Gasteiger partial charge on any atom is 0.261 e. The quantitative estimate of drug-likeness (QED) is 0.602. The average Bonchev–Trinajstić information content (AvgIpc) is 2.51. The van der Waals surface area contributed by atoms with Crippen molar-refractivity contribution in [2.24, 2.45) is 0 Å². The van der Waals surface area contributed by atoms with Crippen LogP contribution in [0.3, 0.4) is 0 Å². The molecule has 2 aromatic carbocycles. The first-order valence-electron chi connectivity index (χ1n) is 6.58. The number of carbonyl (C=O) groups excluding carboxylic acids is 1. The zero-order valence-corrected chi connectivity index (χ0v) is 14.7. The van der Waals surface area contributed by atoms with Gasteiger partial charge in [-0.25, -0.2) is 4.98 Å². The second-order valence-electron chi connectivity index (χ2n) is 4.89. The molecule has 116 valence electrons. The lowest BCUT2D eigenvalue weighted by atomic mass is 10.1. The molecule has 0 bridgehead atoms. The molecule has 0 aliphatic carbocycles. The molecule has 0 spiro atoms. The number of benzene rings is 2. The summed E-state index contributed by atoms with van der Waals surface area (Å²) in [5, 5.41) is 0.933. The summed E-state index contributed by atoms with van der Waals surface area (Å²) in [7, 11) is 0. The number of nitrogens with zero attached hydrogens (tertiary/aromatic N) is 2. The van der Waals surface area contributed by atoms with E-state index < -0.39 is 0 Å². The third kappa shape index (κ3) is 3.32. The molecular weight excluding hydrogens is 403 g/mol. The number of ketones is 1. The van der Waals surface area contributed by atoms with Crippen LogP contribution in [0.1, 0.15) is 10.4 Å². The van der Waals surface area contributed by atoms with Crippen molar-refractivity contribution in [3.63, 3.8) is 0 Å². The molecule has 0 saturated heterocycles. The Hall–Kier alpha value is -1.69. The molecule has 7 heteroatoms. The van der Waals surface area contributed by atoms with Crippen LogP contribution >= 0.6 is 39.1 Å². The summed E-state index contributed by atoms with van der Waals surface area (Å²) in [6.45, 7) is -0.104. The minimum Gasteiger partial charge on any atom is -0.292 e. The minimum atomic E-state index is -0.357. The van der Waals surface area contributed by atoms with E-state index in [-0.39, 0.29) is 23.3 Å². The Morgan fingerprint density at radius 3 is 2.57 bits per heavy atom. The van der Waals surface area contributed by atoms with E-state index in [0.29, 0.717) is 21.1 Å². The Morgan fingerprint density at radius 2 is 1.87 bits per heavy atom. The summed E-state index contributed by atoms with van der Waals surface area (Å²) in [4.78, 5) is 28.9. The van der Waals surface area contributed by atoms with E-state index in [9.17, 15) is 9.59 Å². The van der Waals surface area contributed by atoms with E-state index in [1.165, 1.54) is 23.0 Å². The van der Waals surface area contributed by atoms with Gasteiger partial charge in [-0.15, -0.1) is 0 Å².